The number of carbonyl (C=O) groups excluding carboxylic acids is 1. The zero-order valence-electron chi connectivity index (χ0n) is 15.6. The second-order valence-corrected chi connectivity index (χ2v) is 6.61. The van der Waals surface area contributed by atoms with Gasteiger partial charge in [-0.3, -0.25) is 4.79 Å². The van der Waals surface area contributed by atoms with Gasteiger partial charge in [-0.1, -0.05) is 60.7 Å². The summed E-state index contributed by atoms with van der Waals surface area (Å²) >= 11 is 0. The number of halogens is 1. The first kappa shape index (κ1) is 18.6. The molecule has 0 aliphatic carbocycles. The molecule has 0 bridgehead atoms. The van der Waals surface area contributed by atoms with Crippen LogP contribution >= 0.6 is 0 Å². The van der Waals surface area contributed by atoms with E-state index in [1.807, 2.05) is 54.6 Å². The average molecular weight is 386 g/mol. The molecule has 4 rings (SSSR count). The lowest BCUT2D eigenvalue weighted by atomic mass is 10.1. The van der Waals surface area contributed by atoms with E-state index in [2.05, 4.69) is 10.3 Å². The van der Waals surface area contributed by atoms with Crippen LogP contribution in [-0.2, 0) is 13.2 Å². The Morgan fingerprint density at radius 3 is 2.48 bits per heavy atom. The molecule has 0 aliphatic heterocycles. The van der Waals surface area contributed by atoms with Crippen LogP contribution in [0.1, 0.15) is 21.5 Å². The van der Waals surface area contributed by atoms with Crippen LogP contribution < -0.4 is 10.1 Å². The van der Waals surface area contributed by atoms with Crippen LogP contribution in [0.3, 0.4) is 0 Å². The van der Waals surface area contributed by atoms with Crippen molar-refractivity contribution in [1.29, 1.82) is 0 Å². The van der Waals surface area contributed by atoms with Gasteiger partial charge >= 0.3 is 0 Å². The third-order valence-corrected chi connectivity index (χ3v) is 4.51. The van der Waals surface area contributed by atoms with E-state index in [4.69, 9.17) is 4.74 Å². The van der Waals surface area contributed by atoms with Gasteiger partial charge in [0.1, 0.15) is 12.4 Å². The van der Waals surface area contributed by atoms with Crippen LogP contribution in [-0.4, -0.2) is 10.9 Å². The predicted molar refractivity (Wildman–Crippen MR) is 110 cm³/mol. The second-order valence-electron chi connectivity index (χ2n) is 6.61. The van der Waals surface area contributed by atoms with Crippen molar-refractivity contribution in [3.8, 4) is 5.88 Å². The van der Waals surface area contributed by atoms with Gasteiger partial charge in [0, 0.05) is 18.0 Å². The Hall–Kier alpha value is -3.73. The minimum absolute atomic E-state index is 0.230. The lowest BCUT2D eigenvalue weighted by Crippen LogP contribution is -2.23. The first-order valence-electron chi connectivity index (χ1n) is 9.28. The fourth-order valence-corrected chi connectivity index (χ4v) is 3.07. The number of pyridine rings is 1. The maximum atomic E-state index is 13.4. The number of nitrogens with one attached hydrogen (secondary N) is 1. The fourth-order valence-electron chi connectivity index (χ4n) is 3.07. The summed E-state index contributed by atoms with van der Waals surface area (Å²) in [5.41, 5.74) is 2.85. The molecule has 1 heterocycles. The number of aromatic nitrogens is 1. The molecule has 144 valence electrons. The van der Waals surface area contributed by atoms with E-state index in [1.54, 1.807) is 18.2 Å². The lowest BCUT2D eigenvalue weighted by molar-refractivity contribution is 0.0952. The molecular formula is C24H19FN2O2. The third-order valence-electron chi connectivity index (χ3n) is 4.51. The number of hydrogen-bond acceptors (Lipinski definition) is 3. The monoisotopic (exact) mass is 386 g/mol. The summed E-state index contributed by atoms with van der Waals surface area (Å²) in [6, 6.07) is 25.0. The zero-order valence-corrected chi connectivity index (χ0v) is 15.6. The van der Waals surface area contributed by atoms with Crippen LogP contribution in [0.5, 0.6) is 5.88 Å². The van der Waals surface area contributed by atoms with Gasteiger partial charge in [-0.2, -0.15) is 0 Å². The number of nitrogens with zero attached hydrogens (tertiary/aromatic N) is 1. The highest BCUT2D eigenvalue weighted by Crippen LogP contribution is 2.23. The highest BCUT2D eigenvalue weighted by atomic mass is 19.1. The van der Waals surface area contributed by atoms with Crippen molar-refractivity contribution >= 4 is 16.8 Å². The molecule has 0 aliphatic rings. The van der Waals surface area contributed by atoms with Crippen LogP contribution in [0.4, 0.5) is 4.39 Å². The standard InChI is InChI=1S/C24H19FN2O2/c25-19-10-6-9-18(13-19)15-26-24(28)21-14-23(27-22-12-5-4-11-20(21)22)29-16-17-7-2-1-3-8-17/h1-14H,15-16H2,(H,26,28). The Balaban J connectivity index is 1.57. The maximum Gasteiger partial charge on any atom is 0.252 e. The molecule has 3 aromatic carbocycles. The Bertz CT molecular complexity index is 1150. The van der Waals surface area contributed by atoms with Crippen molar-refractivity contribution in [2.45, 2.75) is 13.2 Å². The van der Waals surface area contributed by atoms with Crippen molar-refractivity contribution in [2.24, 2.45) is 0 Å². The summed E-state index contributed by atoms with van der Waals surface area (Å²) in [5.74, 6) is -0.219. The number of hydrogen-bond donors (Lipinski definition) is 1. The van der Waals surface area contributed by atoms with Gasteiger partial charge in [0.25, 0.3) is 5.91 Å². The molecule has 29 heavy (non-hydrogen) atoms. The van der Waals surface area contributed by atoms with E-state index in [-0.39, 0.29) is 18.3 Å². The predicted octanol–water partition coefficient (Wildman–Crippen LogP) is 4.88. The van der Waals surface area contributed by atoms with Crippen molar-refractivity contribution in [3.63, 3.8) is 0 Å². The lowest BCUT2D eigenvalue weighted by Gasteiger charge is -2.11. The van der Waals surface area contributed by atoms with Crippen molar-refractivity contribution in [2.75, 3.05) is 0 Å². The summed E-state index contributed by atoms with van der Waals surface area (Å²) in [7, 11) is 0. The summed E-state index contributed by atoms with van der Waals surface area (Å²) in [6.07, 6.45) is 0. The minimum Gasteiger partial charge on any atom is -0.473 e. The smallest absolute Gasteiger partial charge is 0.252 e. The van der Waals surface area contributed by atoms with Crippen LogP contribution in [0.15, 0.2) is 84.9 Å². The Kier molecular flexibility index (Phi) is 5.47. The van der Waals surface area contributed by atoms with Crippen molar-refractivity contribution in [1.82, 2.24) is 10.3 Å². The number of ether oxygens (including phenoxy) is 1. The second kappa shape index (κ2) is 8.52. The number of rotatable bonds is 6. The molecular weight excluding hydrogens is 367 g/mol. The van der Waals surface area contributed by atoms with E-state index in [1.165, 1.54) is 12.1 Å². The topological polar surface area (TPSA) is 51.2 Å². The Morgan fingerprint density at radius 1 is 0.897 bits per heavy atom. The minimum atomic E-state index is -0.331. The van der Waals surface area contributed by atoms with Crippen LogP contribution in [0, 0.1) is 5.82 Å². The fraction of sp³-hybridized carbons (Fsp3) is 0.0833. The van der Waals surface area contributed by atoms with Gasteiger partial charge < -0.3 is 10.1 Å². The van der Waals surface area contributed by atoms with Crippen LogP contribution in [0.25, 0.3) is 10.9 Å². The summed E-state index contributed by atoms with van der Waals surface area (Å²) in [5, 5.41) is 3.58. The van der Waals surface area contributed by atoms with Gasteiger partial charge in [0.2, 0.25) is 5.88 Å². The van der Waals surface area contributed by atoms with Gasteiger partial charge in [-0.05, 0) is 29.3 Å². The van der Waals surface area contributed by atoms with E-state index >= 15 is 0 Å². The molecule has 1 amide bonds. The third kappa shape index (κ3) is 4.58. The molecule has 0 fully saturated rings. The first-order chi connectivity index (χ1) is 14.2. The zero-order chi connectivity index (χ0) is 20.1. The summed E-state index contributed by atoms with van der Waals surface area (Å²) < 4.78 is 19.2. The number of carbonyl (C=O) groups is 1. The number of fused-ring (bicyclic) bond motifs is 1. The molecule has 1 aromatic heterocycles. The first-order valence-corrected chi connectivity index (χ1v) is 9.28. The quantitative estimate of drug-likeness (QED) is 0.514. The largest absolute Gasteiger partial charge is 0.473 e. The van der Waals surface area contributed by atoms with E-state index in [0.717, 1.165) is 10.9 Å². The number of amides is 1. The normalized spacial score (nSPS) is 10.7. The van der Waals surface area contributed by atoms with E-state index in [0.29, 0.717) is 29.1 Å². The maximum absolute atomic E-state index is 13.4. The summed E-state index contributed by atoms with van der Waals surface area (Å²) in [6.45, 7) is 0.587. The van der Waals surface area contributed by atoms with Gasteiger partial charge in [0.05, 0.1) is 11.1 Å². The molecule has 0 radical (unpaired) electrons. The van der Waals surface area contributed by atoms with Gasteiger partial charge in [-0.15, -0.1) is 0 Å². The number of benzene rings is 3. The van der Waals surface area contributed by atoms with Crippen molar-refractivity contribution in [3.05, 3.63) is 107 Å². The molecule has 4 nitrogen and oxygen atoms in total. The average Bonchev–Trinajstić information content (AvgIpc) is 2.76. The molecule has 4 aromatic rings. The molecule has 0 unspecified atom stereocenters. The van der Waals surface area contributed by atoms with Crippen LogP contribution in [0.2, 0.25) is 0 Å². The Morgan fingerprint density at radius 2 is 1.66 bits per heavy atom. The molecule has 5 heteroatoms. The van der Waals surface area contributed by atoms with Gasteiger partial charge in [0.15, 0.2) is 0 Å². The Labute approximate surface area is 168 Å². The molecule has 0 spiro atoms. The SMILES string of the molecule is O=C(NCc1cccc(F)c1)c1cc(OCc2ccccc2)nc2ccccc12. The highest BCUT2D eigenvalue weighted by Gasteiger charge is 2.14. The molecule has 1 N–H and O–H groups in total. The number of para-hydroxylation sites is 1. The molecule has 0 atom stereocenters. The highest BCUT2D eigenvalue weighted by molar-refractivity contribution is 6.06. The van der Waals surface area contributed by atoms with Crippen molar-refractivity contribution < 1.29 is 13.9 Å². The van der Waals surface area contributed by atoms with Gasteiger partial charge in [-0.25, -0.2) is 9.37 Å². The van der Waals surface area contributed by atoms with E-state index < -0.39 is 0 Å². The molecule has 0 saturated heterocycles. The summed E-state index contributed by atoms with van der Waals surface area (Å²) in [4.78, 5) is 17.4. The van der Waals surface area contributed by atoms with E-state index in [9.17, 15) is 9.18 Å². The molecule has 0 saturated carbocycles.